The van der Waals surface area contributed by atoms with Gasteiger partial charge in [0.2, 0.25) is 0 Å². The predicted molar refractivity (Wildman–Crippen MR) is 79.5 cm³/mol. The van der Waals surface area contributed by atoms with E-state index >= 15 is 0 Å². The van der Waals surface area contributed by atoms with Crippen LogP contribution < -0.4 is 9.47 Å². The molecule has 0 aromatic heterocycles. The van der Waals surface area contributed by atoms with Gasteiger partial charge >= 0.3 is 0 Å². The van der Waals surface area contributed by atoms with Crippen molar-refractivity contribution in [1.29, 1.82) is 0 Å². The van der Waals surface area contributed by atoms with Crippen LogP contribution in [0.2, 0.25) is 0 Å². The van der Waals surface area contributed by atoms with E-state index in [1.54, 1.807) is 7.11 Å². The van der Waals surface area contributed by atoms with Crippen LogP contribution in [0.4, 0.5) is 0 Å². The van der Waals surface area contributed by atoms with Crippen molar-refractivity contribution in [3.8, 4) is 11.5 Å². The summed E-state index contributed by atoms with van der Waals surface area (Å²) in [5.41, 5.74) is 2.26. The number of hydrogen-bond acceptors (Lipinski definition) is 2. The molecular weight excluding hydrogens is 236 g/mol. The Balaban J connectivity index is 2.08. The van der Waals surface area contributed by atoms with Gasteiger partial charge in [-0.25, -0.2) is 0 Å². The van der Waals surface area contributed by atoms with Crippen molar-refractivity contribution in [1.82, 2.24) is 0 Å². The molecule has 2 heteroatoms. The van der Waals surface area contributed by atoms with Crippen molar-refractivity contribution in [2.75, 3.05) is 13.7 Å². The van der Waals surface area contributed by atoms with Gasteiger partial charge < -0.3 is 9.47 Å². The molecule has 0 aliphatic heterocycles. The van der Waals surface area contributed by atoms with Gasteiger partial charge in [-0.3, -0.25) is 0 Å². The van der Waals surface area contributed by atoms with E-state index in [0.717, 1.165) is 22.6 Å². The van der Waals surface area contributed by atoms with Crippen molar-refractivity contribution in [2.24, 2.45) is 0 Å². The Labute approximate surface area is 114 Å². The summed E-state index contributed by atoms with van der Waals surface area (Å²) in [7, 11) is 1.68. The van der Waals surface area contributed by atoms with E-state index in [4.69, 9.17) is 9.47 Å². The first-order valence-electron chi connectivity index (χ1n) is 6.37. The largest absolute Gasteiger partial charge is 0.497 e. The standard InChI is InChI=1S/C17H18O2/c1-3-19-16-11-9-14(10-12-16)7-8-15-5-4-6-17(13-15)18-2/h4-13H,3H2,1-2H3. The zero-order valence-corrected chi connectivity index (χ0v) is 11.3. The van der Waals surface area contributed by atoms with Crippen LogP contribution in [-0.2, 0) is 0 Å². The van der Waals surface area contributed by atoms with E-state index in [0.29, 0.717) is 6.61 Å². The number of ether oxygens (including phenoxy) is 2. The lowest BCUT2D eigenvalue weighted by atomic mass is 10.1. The Bertz CT molecular complexity index is 541. The molecule has 19 heavy (non-hydrogen) atoms. The molecule has 0 spiro atoms. The van der Waals surface area contributed by atoms with E-state index in [1.165, 1.54) is 0 Å². The van der Waals surface area contributed by atoms with E-state index in [2.05, 4.69) is 12.2 Å². The van der Waals surface area contributed by atoms with Crippen molar-refractivity contribution in [3.63, 3.8) is 0 Å². The lowest BCUT2D eigenvalue weighted by Crippen LogP contribution is -1.90. The van der Waals surface area contributed by atoms with Crippen LogP contribution in [0.3, 0.4) is 0 Å². The van der Waals surface area contributed by atoms with Crippen LogP contribution in [0.1, 0.15) is 18.1 Å². The zero-order chi connectivity index (χ0) is 13.5. The van der Waals surface area contributed by atoms with Crippen LogP contribution in [0.15, 0.2) is 48.5 Å². The minimum atomic E-state index is 0.693. The molecule has 2 rings (SSSR count). The Kier molecular flexibility index (Phi) is 4.62. The van der Waals surface area contributed by atoms with Gasteiger partial charge in [0.25, 0.3) is 0 Å². The molecule has 0 atom stereocenters. The zero-order valence-electron chi connectivity index (χ0n) is 11.3. The molecule has 0 saturated carbocycles. The summed E-state index contributed by atoms with van der Waals surface area (Å²) < 4.78 is 10.6. The Morgan fingerprint density at radius 3 is 2.32 bits per heavy atom. The molecule has 0 bridgehead atoms. The summed E-state index contributed by atoms with van der Waals surface area (Å²) in [5.74, 6) is 1.77. The van der Waals surface area contributed by atoms with E-state index < -0.39 is 0 Å². The van der Waals surface area contributed by atoms with Gasteiger partial charge in [0.15, 0.2) is 0 Å². The quantitative estimate of drug-likeness (QED) is 0.742. The molecule has 98 valence electrons. The number of rotatable bonds is 5. The maximum atomic E-state index is 5.41. The Hall–Kier alpha value is -2.22. The van der Waals surface area contributed by atoms with Gasteiger partial charge in [-0.2, -0.15) is 0 Å². The average Bonchev–Trinajstić information content (AvgIpc) is 2.47. The SMILES string of the molecule is CCOc1ccc(C=Cc2cccc(OC)c2)cc1. The van der Waals surface area contributed by atoms with Crippen LogP contribution in [0.5, 0.6) is 11.5 Å². The van der Waals surface area contributed by atoms with Crippen molar-refractivity contribution >= 4 is 12.2 Å². The molecule has 0 heterocycles. The van der Waals surface area contributed by atoms with Crippen LogP contribution in [0.25, 0.3) is 12.2 Å². The molecule has 0 radical (unpaired) electrons. The highest BCUT2D eigenvalue weighted by molar-refractivity contribution is 5.70. The molecule has 0 N–H and O–H groups in total. The Morgan fingerprint density at radius 1 is 0.895 bits per heavy atom. The fourth-order valence-corrected chi connectivity index (χ4v) is 1.78. The number of benzene rings is 2. The van der Waals surface area contributed by atoms with Crippen molar-refractivity contribution in [2.45, 2.75) is 6.92 Å². The third kappa shape index (κ3) is 3.88. The van der Waals surface area contributed by atoms with Crippen molar-refractivity contribution < 1.29 is 9.47 Å². The molecule has 0 aliphatic rings. The van der Waals surface area contributed by atoms with Gasteiger partial charge in [0.1, 0.15) is 11.5 Å². The van der Waals surface area contributed by atoms with Gasteiger partial charge in [-0.1, -0.05) is 36.4 Å². The van der Waals surface area contributed by atoms with Gasteiger partial charge in [-0.05, 0) is 42.3 Å². The van der Waals surface area contributed by atoms with Crippen molar-refractivity contribution in [3.05, 3.63) is 59.7 Å². The highest BCUT2D eigenvalue weighted by atomic mass is 16.5. The first-order chi connectivity index (χ1) is 9.31. The normalized spacial score (nSPS) is 10.6. The number of hydrogen-bond donors (Lipinski definition) is 0. The molecule has 0 saturated heterocycles. The highest BCUT2D eigenvalue weighted by Crippen LogP contribution is 2.17. The lowest BCUT2D eigenvalue weighted by Gasteiger charge is -2.02. The second kappa shape index (κ2) is 6.64. The molecule has 2 aromatic carbocycles. The minimum Gasteiger partial charge on any atom is -0.497 e. The lowest BCUT2D eigenvalue weighted by molar-refractivity contribution is 0.340. The molecule has 0 amide bonds. The molecule has 0 unspecified atom stereocenters. The van der Waals surface area contributed by atoms with E-state index in [1.807, 2.05) is 55.5 Å². The van der Waals surface area contributed by atoms with E-state index in [-0.39, 0.29) is 0 Å². The molecule has 0 fully saturated rings. The summed E-state index contributed by atoms with van der Waals surface area (Å²) in [6, 6.07) is 16.0. The maximum absolute atomic E-state index is 5.41. The third-order valence-corrected chi connectivity index (χ3v) is 2.75. The van der Waals surface area contributed by atoms with Gasteiger partial charge in [-0.15, -0.1) is 0 Å². The molecule has 2 aromatic rings. The Morgan fingerprint density at radius 2 is 1.63 bits per heavy atom. The van der Waals surface area contributed by atoms with Gasteiger partial charge in [0.05, 0.1) is 13.7 Å². The average molecular weight is 254 g/mol. The fourth-order valence-electron chi connectivity index (χ4n) is 1.78. The topological polar surface area (TPSA) is 18.5 Å². The predicted octanol–water partition coefficient (Wildman–Crippen LogP) is 4.26. The summed E-state index contributed by atoms with van der Waals surface area (Å²) >= 11 is 0. The van der Waals surface area contributed by atoms with Crippen LogP contribution >= 0.6 is 0 Å². The molecular formula is C17H18O2. The molecule has 0 aliphatic carbocycles. The van der Waals surface area contributed by atoms with E-state index in [9.17, 15) is 0 Å². The summed E-state index contributed by atoms with van der Waals surface area (Å²) in [4.78, 5) is 0. The monoisotopic (exact) mass is 254 g/mol. The fraction of sp³-hybridized carbons (Fsp3) is 0.176. The second-order valence-electron chi connectivity index (χ2n) is 4.11. The van der Waals surface area contributed by atoms with Gasteiger partial charge in [0, 0.05) is 0 Å². The smallest absolute Gasteiger partial charge is 0.119 e. The highest BCUT2D eigenvalue weighted by Gasteiger charge is 1.93. The van der Waals surface area contributed by atoms with Crippen LogP contribution in [0, 0.1) is 0 Å². The number of methoxy groups -OCH3 is 1. The second-order valence-corrected chi connectivity index (χ2v) is 4.11. The first kappa shape index (κ1) is 13.2. The minimum absolute atomic E-state index is 0.693. The third-order valence-electron chi connectivity index (χ3n) is 2.75. The first-order valence-corrected chi connectivity index (χ1v) is 6.37. The molecule has 2 nitrogen and oxygen atoms in total. The summed E-state index contributed by atoms with van der Waals surface area (Å²) in [6.07, 6.45) is 4.14. The summed E-state index contributed by atoms with van der Waals surface area (Å²) in [5, 5.41) is 0. The maximum Gasteiger partial charge on any atom is 0.119 e. The summed E-state index contributed by atoms with van der Waals surface area (Å²) in [6.45, 7) is 2.68. The van der Waals surface area contributed by atoms with Crippen LogP contribution in [-0.4, -0.2) is 13.7 Å².